The molecule has 4 aliphatic heterocycles. The number of hydrogen-bond donors (Lipinski definition) is 11. The first-order valence-corrected chi connectivity index (χ1v) is 42.8. The third-order valence-corrected chi connectivity index (χ3v) is 26.4. The molecule has 0 bridgehead atoms. The summed E-state index contributed by atoms with van der Waals surface area (Å²) in [6, 6.07) is 10.3. The fourth-order valence-corrected chi connectivity index (χ4v) is 19.7. The average molecular weight is 1560 g/mol. The van der Waals surface area contributed by atoms with E-state index in [2.05, 4.69) is 79.3 Å². The number of H-pyrrole nitrogens is 1. The van der Waals surface area contributed by atoms with Gasteiger partial charge in [-0.3, -0.25) is 41.8 Å². The number of hydrogen-bond acceptors (Lipinski definition) is 24. The van der Waals surface area contributed by atoms with E-state index in [1.54, 1.807) is 6.07 Å². The number of aromatic amines is 1. The number of aliphatic hydroxyl groups excluding tert-OH is 1. The van der Waals surface area contributed by atoms with E-state index >= 15 is 0 Å². The first kappa shape index (κ1) is 79.6. The molecule has 0 spiro atoms. The van der Waals surface area contributed by atoms with Crippen molar-refractivity contribution in [3.63, 3.8) is 0 Å². The maximum atomic E-state index is 13.8. The monoisotopic (exact) mass is 1550 g/mol. The van der Waals surface area contributed by atoms with Crippen LogP contribution in [-0.4, -0.2) is 169 Å². The lowest BCUT2D eigenvalue weighted by Crippen LogP contribution is -2.40. The van der Waals surface area contributed by atoms with E-state index in [1.165, 1.54) is 16.7 Å². The molecule has 558 valence electrons. The molecule has 7 atom stereocenters. The van der Waals surface area contributed by atoms with Gasteiger partial charge in [-0.1, -0.05) is 70.4 Å². The fraction of sp³-hybridized carbons (Fsp3) is 0.542. The number of aryl methyl sites for hydroxylation is 1. The second kappa shape index (κ2) is 31.3. The number of aliphatic hydroxyl groups is 1. The lowest BCUT2D eigenvalue weighted by atomic mass is 9.82. The number of phosphoric acid groups is 4. The van der Waals surface area contributed by atoms with Crippen molar-refractivity contribution in [2.45, 2.75) is 146 Å². The zero-order valence-corrected chi connectivity index (χ0v) is 61.7. The topological polar surface area (TPSA) is 516 Å². The molecule has 0 radical (unpaired) electrons. The number of allylic oxidation sites excluding steroid dienone is 8. The van der Waals surface area contributed by atoms with E-state index in [9.17, 15) is 91.4 Å². The first-order chi connectivity index (χ1) is 46.9. The number of rotatable bonds is 30. The molecule has 42 heteroatoms. The number of carbonyl (C=O) groups excluding carboxylic acids is 1. The number of carbonyl (C=O) groups is 1. The Morgan fingerprint density at radius 2 is 1.29 bits per heavy atom. The minimum absolute atomic E-state index is 0.0194. The largest absolute Gasteiger partial charge is 0.490 e. The van der Waals surface area contributed by atoms with Crippen molar-refractivity contribution in [3.05, 3.63) is 117 Å². The Morgan fingerprint density at radius 1 is 0.752 bits per heavy atom. The normalized spacial score (nSPS) is 24.2. The van der Waals surface area contributed by atoms with Crippen LogP contribution in [0.4, 0.5) is 17.3 Å². The van der Waals surface area contributed by atoms with Crippen molar-refractivity contribution in [3.8, 4) is 0 Å². The van der Waals surface area contributed by atoms with Crippen LogP contribution in [0.2, 0.25) is 0 Å². The van der Waals surface area contributed by atoms with Crippen LogP contribution in [-0.2, 0) is 91.0 Å². The molecular formula is C59H84N9O26P4S3+. The van der Waals surface area contributed by atoms with Gasteiger partial charge >= 0.3 is 31.3 Å². The highest BCUT2D eigenvalue weighted by atomic mass is 32.2. The Balaban J connectivity index is 0.809. The third kappa shape index (κ3) is 20.3. The van der Waals surface area contributed by atoms with Gasteiger partial charge in [-0.05, 0) is 99.4 Å². The van der Waals surface area contributed by atoms with Crippen molar-refractivity contribution in [1.82, 2.24) is 24.8 Å². The number of fused-ring (bicyclic) bond motifs is 3. The van der Waals surface area contributed by atoms with Gasteiger partial charge in [0.25, 0.3) is 35.9 Å². The minimum atomic E-state index is -6.14. The van der Waals surface area contributed by atoms with Crippen LogP contribution < -0.4 is 26.4 Å². The van der Waals surface area contributed by atoms with E-state index in [0.717, 1.165) is 52.1 Å². The number of nitrogens with zero attached hydrogens (tertiary/aromatic N) is 6. The van der Waals surface area contributed by atoms with Gasteiger partial charge in [-0.2, -0.15) is 43.2 Å². The third-order valence-electron chi connectivity index (χ3n) is 18.0. The van der Waals surface area contributed by atoms with E-state index < -0.39 is 121 Å². The predicted molar refractivity (Wildman–Crippen MR) is 367 cm³/mol. The molecular weight excluding hydrogens is 1470 g/mol. The highest BCUT2D eigenvalue weighted by molar-refractivity contribution is 7.86. The molecule has 12 N–H and O–H groups in total. The summed E-state index contributed by atoms with van der Waals surface area (Å²) in [5, 5.41) is 13.5. The predicted octanol–water partition coefficient (Wildman–Crippen LogP) is 6.89. The van der Waals surface area contributed by atoms with Crippen molar-refractivity contribution in [2.24, 2.45) is 5.92 Å². The van der Waals surface area contributed by atoms with Crippen molar-refractivity contribution in [2.75, 3.05) is 73.0 Å². The highest BCUT2D eigenvalue weighted by Gasteiger charge is 2.48. The average Bonchev–Trinajstić information content (AvgIpc) is 1.60. The number of ether oxygens (including phenoxy) is 1. The van der Waals surface area contributed by atoms with Gasteiger partial charge in [0.05, 0.1) is 42.0 Å². The molecule has 2 aromatic heterocycles. The summed E-state index contributed by atoms with van der Waals surface area (Å²) < 4.78 is 183. The molecule has 9 rings (SSSR count). The Hall–Kier alpha value is -5.50. The number of nitrogens with two attached hydrogens (primary N) is 1. The van der Waals surface area contributed by atoms with Gasteiger partial charge in [0, 0.05) is 89.6 Å². The van der Waals surface area contributed by atoms with Crippen LogP contribution in [0.5, 0.6) is 0 Å². The Kier molecular flexibility index (Phi) is 24.7. The van der Waals surface area contributed by atoms with Crippen LogP contribution in [0.3, 0.4) is 0 Å². The maximum Gasteiger partial charge on any atom is 0.490 e. The number of nitrogen functional groups attached to an aromatic ring is 1. The van der Waals surface area contributed by atoms with Gasteiger partial charge in [0.1, 0.15) is 25.4 Å². The minimum Gasteiger partial charge on any atom is -0.390 e. The molecule has 4 aromatic rings. The summed E-state index contributed by atoms with van der Waals surface area (Å²) >= 11 is 0. The van der Waals surface area contributed by atoms with Gasteiger partial charge < -0.3 is 50.3 Å². The lowest BCUT2D eigenvalue weighted by Gasteiger charge is -2.28. The van der Waals surface area contributed by atoms with Crippen LogP contribution in [0, 0.1) is 12.8 Å². The molecule has 6 heterocycles. The Morgan fingerprint density at radius 3 is 1.85 bits per heavy atom. The van der Waals surface area contributed by atoms with Crippen LogP contribution in [0.1, 0.15) is 128 Å². The standard InChI is InChI=1S/C59H83N9O26P4S3/c1-38-15-19-45-43(33-38)58(2,3)49(66(45)26-11-31-99(80,81)82)21-16-39-13-10-14-40(17-22-50-59(4,5)44-34-42(101(86,87)88)18-20-46(44)67(50)27-12-32-100(83,84)85)53(39)65-28-23-41(24-29-65)55(70)61-25-8-6-7-9-30-89-95(72,73)92-97(76,77)94-98(78,79)93-96(74,75)90-36-48-47(69)35-51(91-48)68-37-62-52-54(68)63-57(60)64-56(52)71/h15-22,33-34,37,41,47-48,51,69H,6-14,23-32,35-36H2,1-5H3,(H10-,60,61,63,64,70,71,72,73,74,75,76,77,78,79,80,81,82,83,84,85,86,87,88)/p+1/t47?,48-,51-/m1/s1. The number of benzene rings is 2. The number of amides is 1. The van der Waals surface area contributed by atoms with Crippen molar-refractivity contribution < 1.29 is 118 Å². The number of nitrogens with one attached hydrogen (secondary N) is 2. The zero-order chi connectivity index (χ0) is 74.1. The van der Waals surface area contributed by atoms with Gasteiger partial charge in [-0.15, -0.1) is 0 Å². The van der Waals surface area contributed by atoms with Crippen molar-refractivity contribution in [1.29, 1.82) is 0 Å². The lowest BCUT2D eigenvalue weighted by molar-refractivity contribution is -0.539. The molecule has 3 fully saturated rings. The number of imidazole rings is 1. The van der Waals surface area contributed by atoms with E-state index in [0.29, 0.717) is 81.5 Å². The zero-order valence-electron chi connectivity index (χ0n) is 55.7. The number of anilines is 3. The number of aromatic nitrogens is 4. The number of phosphoric ester groups is 2. The summed E-state index contributed by atoms with van der Waals surface area (Å²) in [5.74, 6) is -1.77. The Labute approximate surface area is 582 Å². The van der Waals surface area contributed by atoms with E-state index in [-0.39, 0.29) is 72.6 Å². The van der Waals surface area contributed by atoms with E-state index in [4.69, 9.17) is 15.0 Å². The summed E-state index contributed by atoms with van der Waals surface area (Å²) in [4.78, 5) is 80.2. The first-order valence-electron chi connectivity index (χ1n) is 32.1. The smallest absolute Gasteiger partial charge is 0.390 e. The number of piperidine rings is 1. The van der Waals surface area contributed by atoms with Crippen LogP contribution >= 0.6 is 31.3 Å². The highest BCUT2D eigenvalue weighted by Crippen LogP contribution is 2.71. The quantitative estimate of drug-likeness (QED) is 0.0110. The molecule has 1 amide bonds. The van der Waals surface area contributed by atoms with Crippen LogP contribution in [0.15, 0.2) is 99.3 Å². The maximum absolute atomic E-state index is 13.8. The summed E-state index contributed by atoms with van der Waals surface area (Å²) in [7, 11) is -36.7. The second-order valence-corrected chi connectivity index (χ2v) is 36.9. The summed E-state index contributed by atoms with van der Waals surface area (Å²) in [6.07, 6.45) is 9.62. The summed E-state index contributed by atoms with van der Waals surface area (Å²) in [5.41, 5.74) is 12.0. The molecule has 1 aliphatic carbocycles. The molecule has 2 aromatic carbocycles. The van der Waals surface area contributed by atoms with Gasteiger partial charge in [0.2, 0.25) is 17.6 Å². The second-order valence-electron chi connectivity index (χ2n) is 26.1. The molecule has 5 unspecified atom stereocenters. The van der Waals surface area contributed by atoms with Crippen molar-refractivity contribution >= 4 is 102 Å². The number of unbranched alkanes of at least 4 members (excludes halogenated alkanes) is 3. The molecule has 1 saturated carbocycles. The Bertz CT molecular complexity index is 4620. The van der Waals surface area contributed by atoms with Gasteiger partial charge in [-0.25, -0.2) is 27.8 Å². The fourth-order valence-electron chi connectivity index (χ4n) is 13.2. The SMILES string of the molecule is Cc1ccc2c(c1)C(C)(C)/C(=C/C=C1\CCC/C(=C\C=C3/N(CCCS(=O)(=O)O)c4ccc(S(=O)(=O)O)cc4C3(C)C)C1=[N+]1CCC(C(=O)NCCCCCCOP(=O)(O)OP(=O)(O)OP(=O)(O)OP(=O)(O)OC[C@H]3O[C@@H](n4cnc5c(=O)[nH]c(N)nc54)CC3O)CC1)N2CCCS(=O)(=O)O. The molecule has 35 nitrogen and oxygen atoms in total. The van der Waals surface area contributed by atoms with E-state index in [1.807, 2.05) is 50.0 Å². The molecule has 101 heavy (non-hydrogen) atoms. The summed E-state index contributed by atoms with van der Waals surface area (Å²) in [6.45, 7) is 10.1. The van der Waals surface area contributed by atoms with Crippen LogP contribution in [0.25, 0.3) is 11.2 Å². The molecule has 2 saturated heterocycles. The van der Waals surface area contributed by atoms with Gasteiger partial charge in [0.15, 0.2) is 11.2 Å². The molecule has 5 aliphatic rings.